The maximum Gasteiger partial charge on any atom is 0.329 e. The van der Waals surface area contributed by atoms with Gasteiger partial charge in [0.25, 0.3) is 0 Å². The molecule has 0 spiro atoms. The van der Waals surface area contributed by atoms with Crippen molar-refractivity contribution in [1.29, 1.82) is 0 Å². The monoisotopic (exact) mass is 1030 g/mol. The summed E-state index contributed by atoms with van der Waals surface area (Å²) in [6, 6.07) is -10.7. The van der Waals surface area contributed by atoms with Gasteiger partial charge in [-0.05, 0) is 55.4 Å². The lowest BCUT2D eigenvalue weighted by molar-refractivity contribution is -0.153. The van der Waals surface area contributed by atoms with Gasteiger partial charge in [0.1, 0.15) is 36.3 Å². The van der Waals surface area contributed by atoms with Gasteiger partial charge in [-0.25, -0.2) is 19.2 Å². The molecule has 0 fully saturated rings. The maximum absolute atomic E-state index is 13.7. The molecule has 28 nitrogen and oxygen atoms in total. The first-order valence-electron chi connectivity index (χ1n) is 22.9. The third-order valence-electron chi connectivity index (χ3n) is 8.72. The van der Waals surface area contributed by atoms with Crippen LogP contribution in [0.3, 0.4) is 0 Å². The van der Waals surface area contributed by atoms with Crippen molar-refractivity contribution >= 4 is 83.2 Å². The van der Waals surface area contributed by atoms with Crippen molar-refractivity contribution in [2.75, 3.05) is 52.9 Å². The molecule has 0 bridgehead atoms. The fraction of sp³-hybridized carbons (Fsp3) is 0.636. The Morgan fingerprint density at radius 1 is 0.292 bits per heavy atom. The maximum atomic E-state index is 13.7. The van der Waals surface area contributed by atoms with Crippen LogP contribution in [-0.4, -0.2) is 172 Å². The van der Waals surface area contributed by atoms with Gasteiger partial charge in [0.05, 0.1) is 91.4 Å². The van der Waals surface area contributed by atoms with Gasteiger partial charge in [-0.3, -0.25) is 47.9 Å². The fourth-order valence-corrected chi connectivity index (χ4v) is 5.72. The van der Waals surface area contributed by atoms with E-state index in [1.807, 2.05) is 0 Å². The zero-order valence-electron chi connectivity index (χ0n) is 41.5. The number of hydrogen-bond acceptors (Lipinski definition) is 22. The number of hydrogen-bond donors (Lipinski definition) is 6. The summed E-state index contributed by atoms with van der Waals surface area (Å²) in [5.74, 6) is -15.6. The molecular formula is C44H66N6O22. The van der Waals surface area contributed by atoms with Gasteiger partial charge in [0, 0.05) is 12.2 Å². The molecule has 0 unspecified atom stereocenters. The minimum Gasteiger partial charge on any atom is -0.466 e. The van der Waals surface area contributed by atoms with Crippen molar-refractivity contribution in [2.45, 2.75) is 130 Å². The molecule has 0 aliphatic rings. The van der Waals surface area contributed by atoms with Crippen LogP contribution in [0.15, 0.2) is 12.2 Å². The molecule has 6 atom stereocenters. The Morgan fingerprint density at radius 2 is 0.514 bits per heavy atom. The predicted molar refractivity (Wildman–Crippen MR) is 241 cm³/mol. The summed E-state index contributed by atoms with van der Waals surface area (Å²) in [5, 5.41) is 13.0. The molecule has 0 aromatic heterocycles. The molecule has 0 aliphatic heterocycles. The van der Waals surface area contributed by atoms with E-state index in [9.17, 15) is 67.1 Å². The van der Waals surface area contributed by atoms with Crippen LogP contribution >= 0.6 is 0 Å². The topological polar surface area (TPSA) is 385 Å². The number of esters is 8. The van der Waals surface area contributed by atoms with Crippen molar-refractivity contribution < 1.29 is 105 Å². The van der Waals surface area contributed by atoms with E-state index in [0.717, 1.165) is 0 Å². The second-order valence-electron chi connectivity index (χ2n) is 14.3. The number of carbonyl (C=O) groups is 14. The second-order valence-corrected chi connectivity index (χ2v) is 14.3. The summed E-state index contributed by atoms with van der Waals surface area (Å²) < 4.78 is 39.2. The molecule has 0 saturated heterocycles. The molecule has 28 heteroatoms. The van der Waals surface area contributed by atoms with Crippen LogP contribution in [0.2, 0.25) is 0 Å². The average Bonchev–Trinajstić information content (AvgIpc) is 3.30. The largest absolute Gasteiger partial charge is 0.466 e. The Balaban J connectivity index is 7.01. The number of carbonyl (C=O) groups excluding carboxylic acids is 14. The molecule has 72 heavy (non-hydrogen) atoms. The van der Waals surface area contributed by atoms with Gasteiger partial charge >= 0.3 is 47.8 Å². The summed E-state index contributed by atoms with van der Waals surface area (Å²) in [7, 11) is 0. The van der Waals surface area contributed by atoms with E-state index >= 15 is 0 Å². The fourth-order valence-electron chi connectivity index (χ4n) is 5.72. The normalized spacial score (nSPS) is 13.1. The number of amides is 6. The Hall–Kier alpha value is -7.68. The van der Waals surface area contributed by atoms with Gasteiger partial charge in [0.15, 0.2) is 0 Å². The average molecular weight is 1030 g/mol. The lowest BCUT2D eigenvalue weighted by Crippen LogP contribution is -2.55. The standard InChI is InChI=1S/C44H66N6O22/c1-9-65-35(55)21-27(41(61)69-13-5)47-33(53)19-25(39(59)49-29(43(63)71-15-7)23-37(57)67-11-3)45-31(51)17-18-32(52)46-26(40(60)50-30(44(64)72-16-8)24-38(58)68-12-4)20-34(54)48-28(42(62)70-14-6)22-36(56)66-10-2/h17-18,25-30H,9-16,19-24H2,1-8H3,(H,45,51)(H,46,52)(H,47,53)(H,48,54)(H,49,59)(H,50,60)/b18-17+/t25-,26-,27-,28-,29-,30-/m0/s1. The highest BCUT2D eigenvalue weighted by Gasteiger charge is 2.35. The molecule has 0 aromatic rings. The number of rotatable bonds is 34. The Morgan fingerprint density at radius 3 is 0.736 bits per heavy atom. The van der Waals surface area contributed by atoms with Gasteiger partial charge < -0.3 is 69.8 Å². The van der Waals surface area contributed by atoms with E-state index < -0.39 is 158 Å². The smallest absolute Gasteiger partial charge is 0.329 e. The minimum atomic E-state index is -1.99. The quantitative estimate of drug-likeness (QED) is 0.0217. The molecule has 0 rings (SSSR count). The first-order chi connectivity index (χ1) is 34.1. The van der Waals surface area contributed by atoms with Crippen LogP contribution in [0.1, 0.15) is 93.9 Å². The second kappa shape index (κ2) is 36.3. The van der Waals surface area contributed by atoms with Gasteiger partial charge in [-0.15, -0.1) is 0 Å². The SMILES string of the molecule is CCOC(=O)C[C@H](NC(=O)C[C@H](NC(=O)/C=C/C(=O)N[C@@H](CC(=O)N[C@@H](CC(=O)OCC)C(=O)OCC)C(=O)N[C@@H](CC(=O)OCC)C(=O)OCC)C(=O)N[C@@H](CC(=O)OCC)C(=O)OCC)C(=O)OCC. The van der Waals surface area contributed by atoms with Crippen molar-refractivity contribution in [3.8, 4) is 0 Å². The van der Waals surface area contributed by atoms with E-state index in [1.165, 1.54) is 55.4 Å². The van der Waals surface area contributed by atoms with Gasteiger partial charge in [-0.2, -0.15) is 0 Å². The van der Waals surface area contributed by atoms with Crippen LogP contribution in [0.4, 0.5) is 0 Å². The zero-order chi connectivity index (χ0) is 54.8. The highest BCUT2D eigenvalue weighted by atomic mass is 16.6. The van der Waals surface area contributed by atoms with E-state index in [1.54, 1.807) is 0 Å². The molecule has 0 radical (unpaired) electrons. The summed E-state index contributed by atoms with van der Waals surface area (Å²) in [4.78, 5) is 181. The van der Waals surface area contributed by atoms with Crippen molar-refractivity contribution in [1.82, 2.24) is 31.9 Å². The summed E-state index contributed by atoms with van der Waals surface area (Å²) in [6.45, 7) is 10.6. The Labute approximate surface area is 414 Å². The van der Waals surface area contributed by atoms with Crippen molar-refractivity contribution in [3.05, 3.63) is 12.2 Å². The Kier molecular flexibility index (Phi) is 32.4. The minimum absolute atomic E-state index is 0.0814. The van der Waals surface area contributed by atoms with Gasteiger partial charge in [0.2, 0.25) is 35.4 Å². The first kappa shape index (κ1) is 64.3. The van der Waals surface area contributed by atoms with Crippen LogP contribution in [0.25, 0.3) is 0 Å². The third-order valence-corrected chi connectivity index (χ3v) is 8.72. The Bertz CT molecular complexity index is 1810. The summed E-state index contributed by atoms with van der Waals surface area (Å²) >= 11 is 0. The highest BCUT2D eigenvalue weighted by molar-refractivity contribution is 6.02. The molecule has 0 heterocycles. The summed E-state index contributed by atoms with van der Waals surface area (Å²) in [5.41, 5.74) is 0. The van der Waals surface area contributed by atoms with E-state index in [0.29, 0.717) is 12.2 Å². The third kappa shape index (κ3) is 26.9. The number of nitrogens with one attached hydrogen (secondary N) is 6. The molecule has 0 saturated carbocycles. The molecule has 0 aromatic carbocycles. The molecule has 0 aliphatic carbocycles. The van der Waals surface area contributed by atoms with Crippen LogP contribution < -0.4 is 31.9 Å². The van der Waals surface area contributed by atoms with Crippen LogP contribution in [0, 0.1) is 0 Å². The summed E-state index contributed by atoms with van der Waals surface area (Å²) in [6.07, 6.45) is -4.02. The van der Waals surface area contributed by atoms with Crippen molar-refractivity contribution in [3.63, 3.8) is 0 Å². The molecule has 6 amide bonds. The predicted octanol–water partition coefficient (Wildman–Crippen LogP) is -2.70. The molecular weight excluding hydrogens is 965 g/mol. The first-order valence-corrected chi connectivity index (χ1v) is 22.9. The van der Waals surface area contributed by atoms with E-state index in [-0.39, 0.29) is 52.9 Å². The lowest BCUT2D eigenvalue weighted by Gasteiger charge is -2.23. The van der Waals surface area contributed by atoms with Gasteiger partial charge in [-0.1, -0.05) is 0 Å². The van der Waals surface area contributed by atoms with Crippen LogP contribution in [-0.2, 0) is 105 Å². The molecule has 6 N–H and O–H groups in total. The van der Waals surface area contributed by atoms with E-state index in [4.69, 9.17) is 37.9 Å². The lowest BCUT2D eigenvalue weighted by atomic mass is 10.1. The van der Waals surface area contributed by atoms with E-state index in [2.05, 4.69) is 31.9 Å². The number of ether oxygens (including phenoxy) is 8. The zero-order valence-corrected chi connectivity index (χ0v) is 41.5. The molecule has 404 valence electrons. The highest BCUT2D eigenvalue weighted by Crippen LogP contribution is 2.08. The van der Waals surface area contributed by atoms with Crippen molar-refractivity contribution in [2.24, 2.45) is 0 Å². The van der Waals surface area contributed by atoms with Crippen LogP contribution in [0.5, 0.6) is 0 Å².